The second kappa shape index (κ2) is 7.34. The van der Waals surface area contributed by atoms with Crippen LogP contribution in [0.15, 0.2) is 36.7 Å². The van der Waals surface area contributed by atoms with E-state index in [9.17, 15) is 4.79 Å². The Morgan fingerprint density at radius 3 is 2.78 bits per heavy atom. The Bertz CT molecular complexity index is 667. The van der Waals surface area contributed by atoms with Crippen molar-refractivity contribution in [2.75, 3.05) is 18.4 Å². The van der Waals surface area contributed by atoms with Crippen LogP contribution in [0.3, 0.4) is 0 Å². The van der Waals surface area contributed by atoms with Crippen LogP contribution in [0.4, 0.5) is 5.69 Å². The Morgan fingerprint density at radius 1 is 1.39 bits per heavy atom. The fraction of sp³-hybridized carbons (Fsp3) is 0.375. The van der Waals surface area contributed by atoms with Gasteiger partial charge in [-0.15, -0.1) is 12.4 Å². The maximum atomic E-state index is 13.0. The predicted molar refractivity (Wildman–Crippen MR) is 94.4 cm³/mol. The molecule has 0 bridgehead atoms. The topological polar surface area (TPSA) is 59.0 Å². The van der Waals surface area contributed by atoms with E-state index in [0.29, 0.717) is 23.6 Å². The summed E-state index contributed by atoms with van der Waals surface area (Å²) in [4.78, 5) is 13.0. The summed E-state index contributed by atoms with van der Waals surface area (Å²) in [7, 11) is 0. The first-order valence-corrected chi connectivity index (χ1v) is 7.78. The molecule has 1 saturated heterocycles. The van der Waals surface area contributed by atoms with Crippen molar-refractivity contribution >= 4 is 35.6 Å². The van der Waals surface area contributed by atoms with E-state index in [-0.39, 0.29) is 18.3 Å². The first-order valence-electron chi connectivity index (χ1n) is 7.40. The van der Waals surface area contributed by atoms with Crippen LogP contribution in [-0.2, 0) is 10.3 Å². The summed E-state index contributed by atoms with van der Waals surface area (Å²) in [6.07, 6.45) is 4.95. The number of nitrogens with zero attached hydrogens (tertiary/aromatic N) is 2. The molecule has 0 atom stereocenters. The molecular weight excluding hydrogens is 335 g/mol. The molecule has 0 saturated carbocycles. The van der Waals surface area contributed by atoms with Gasteiger partial charge in [0.15, 0.2) is 0 Å². The molecule has 1 aromatic heterocycles. The molecule has 3 rings (SSSR count). The van der Waals surface area contributed by atoms with Crippen molar-refractivity contribution in [2.24, 2.45) is 0 Å². The standard InChI is InChI=1S/C16H19ClN4O.ClH/c1-12-3-4-13(17)14(11-12)20-15(22)16(5-8-18-9-6-16)21-10-2-7-19-21;/h2-4,7,10-11,18H,5-6,8-9H2,1H3,(H,20,22);1H. The Balaban J connectivity index is 0.00000192. The summed E-state index contributed by atoms with van der Waals surface area (Å²) in [6.45, 7) is 3.55. The second-order valence-electron chi connectivity index (χ2n) is 5.67. The molecule has 1 aromatic carbocycles. The average molecular weight is 355 g/mol. The van der Waals surface area contributed by atoms with Gasteiger partial charge in [-0.05, 0) is 56.6 Å². The summed E-state index contributed by atoms with van der Waals surface area (Å²) in [6, 6.07) is 7.45. The molecule has 1 fully saturated rings. The molecular formula is C16H20Cl2N4O. The molecule has 0 spiro atoms. The van der Waals surface area contributed by atoms with E-state index >= 15 is 0 Å². The molecule has 124 valence electrons. The minimum Gasteiger partial charge on any atom is -0.323 e. The number of benzene rings is 1. The van der Waals surface area contributed by atoms with Gasteiger partial charge in [-0.3, -0.25) is 9.48 Å². The molecule has 0 unspecified atom stereocenters. The molecule has 2 N–H and O–H groups in total. The van der Waals surface area contributed by atoms with Crippen molar-refractivity contribution in [1.82, 2.24) is 15.1 Å². The van der Waals surface area contributed by atoms with E-state index in [1.165, 1.54) is 0 Å². The van der Waals surface area contributed by atoms with Crippen LogP contribution in [0, 0.1) is 6.92 Å². The second-order valence-corrected chi connectivity index (χ2v) is 6.08. The quantitative estimate of drug-likeness (QED) is 0.890. The lowest BCUT2D eigenvalue weighted by molar-refractivity contribution is -0.126. The molecule has 1 aliphatic heterocycles. The number of carbonyl (C=O) groups excluding carboxylic acids is 1. The number of aromatic nitrogens is 2. The van der Waals surface area contributed by atoms with Crippen LogP contribution in [0.1, 0.15) is 18.4 Å². The Hall–Kier alpha value is -1.56. The summed E-state index contributed by atoms with van der Waals surface area (Å²) in [5.41, 5.74) is 1.04. The number of halogens is 2. The van der Waals surface area contributed by atoms with Crippen molar-refractivity contribution in [3.8, 4) is 0 Å². The van der Waals surface area contributed by atoms with Gasteiger partial charge in [0.05, 0.1) is 10.7 Å². The van der Waals surface area contributed by atoms with Crippen LogP contribution in [0.25, 0.3) is 0 Å². The Morgan fingerprint density at radius 2 is 2.13 bits per heavy atom. The summed E-state index contributed by atoms with van der Waals surface area (Å²) < 4.78 is 1.77. The predicted octanol–water partition coefficient (Wildman–Crippen LogP) is 2.98. The highest BCUT2D eigenvalue weighted by Gasteiger charge is 2.42. The molecule has 2 aromatic rings. The lowest BCUT2D eigenvalue weighted by Crippen LogP contribution is -2.52. The largest absolute Gasteiger partial charge is 0.323 e. The number of hydrogen-bond donors (Lipinski definition) is 2. The van der Waals surface area contributed by atoms with E-state index in [1.54, 1.807) is 16.9 Å². The highest BCUT2D eigenvalue weighted by Crippen LogP contribution is 2.30. The number of nitrogens with one attached hydrogen (secondary N) is 2. The fourth-order valence-corrected chi connectivity index (χ4v) is 3.06. The van der Waals surface area contributed by atoms with E-state index < -0.39 is 5.54 Å². The molecule has 1 amide bonds. The summed E-state index contributed by atoms with van der Waals surface area (Å²) in [5, 5.41) is 11.1. The summed E-state index contributed by atoms with van der Waals surface area (Å²) in [5.74, 6) is -0.0646. The van der Waals surface area contributed by atoms with Crippen molar-refractivity contribution in [1.29, 1.82) is 0 Å². The van der Waals surface area contributed by atoms with Crippen LogP contribution in [0.2, 0.25) is 5.02 Å². The fourth-order valence-electron chi connectivity index (χ4n) is 2.90. The number of carbonyl (C=O) groups is 1. The number of hydrogen-bond acceptors (Lipinski definition) is 3. The molecule has 2 heterocycles. The number of anilines is 1. The van der Waals surface area contributed by atoms with Gasteiger partial charge in [0.1, 0.15) is 5.54 Å². The van der Waals surface area contributed by atoms with Crippen molar-refractivity contribution in [2.45, 2.75) is 25.3 Å². The van der Waals surface area contributed by atoms with Gasteiger partial charge in [-0.1, -0.05) is 17.7 Å². The number of piperidine rings is 1. The molecule has 5 nitrogen and oxygen atoms in total. The van der Waals surface area contributed by atoms with Gasteiger partial charge < -0.3 is 10.6 Å². The van der Waals surface area contributed by atoms with Gasteiger partial charge >= 0.3 is 0 Å². The maximum Gasteiger partial charge on any atom is 0.252 e. The smallest absolute Gasteiger partial charge is 0.252 e. The molecule has 0 aliphatic carbocycles. The number of aryl methyl sites for hydroxylation is 1. The van der Waals surface area contributed by atoms with Crippen LogP contribution >= 0.6 is 24.0 Å². The lowest BCUT2D eigenvalue weighted by atomic mass is 9.87. The van der Waals surface area contributed by atoms with Crippen molar-refractivity contribution in [3.05, 3.63) is 47.2 Å². The van der Waals surface area contributed by atoms with Gasteiger partial charge in [0.25, 0.3) is 5.91 Å². The third-order valence-corrected chi connectivity index (χ3v) is 4.50. The van der Waals surface area contributed by atoms with Gasteiger partial charge in [-0.2, -0.15) is 5.10 Å². The molecule has 7 heteroatoms. The molecule has 23 heavy (non-hydrogen) atoms. The van der Waals surface area contributed by atoms with Gasteiger partial charge in [0.2, 0.25) is 0 Å². The van der Waals surface area contributed by atoms with Crippen LogP contribution in [0.5, 0.6) is 0 Å². The number of amides is 1. The zero-order valence-electron chi connectivity index (χ0n) is 12.9. The SMILES string of the molecule is Cc1ccc(Cl)c(NC(=O)C2(n3cccn3)CCNCC2)c1.Cl. The summed E-state index contributed by atoms with van der Waals surface area (Å²) >= 11 is 6.20. The number of rotatable bonds is 3. The maximum absolute atomic E-state index is 13.0. The third kappa shape index (κ3) is 3.52. The highest BCUT2D eigenvalue weighted by molar-refractivity contribution is 6.33. The highest BCUT2D eigenvalue weighted by atomic mass is 35.5. The van der Waals surface area contributed by atoms with Crippen molar-refractivity contribution < 1.29 is 4.79 Å². The van der Waals surface area contributed by atoms with E-state index in [1.807, 2.05) is 31.3 Å². The van der Waals surface area contributed by atoms with Gasteiger partial charge in [-0.25, -0.2) is 0 Å². The normalized spacial score (nSPS) is 16.4. The minimum atomic E-state index is -0.665. The molecule has 1 aliphatic rings. The molecule has 0 radical (unpaired) electrons. The van der Waals surface area contributed by atoms with Gasteiger partial charge in [0, 0.05) is 12.4 Å². The first kappa shape index (κ1) is 17.8. The van der Waals surface area contributed by atoms with Crippen molar-refractivity contribution in [3.63, 3.8) is 0 Å². The minimum absolute atomic E-state index is 0. The van der Waals surface area contributed by atoms with E-state index in [2.05, 4.69) is 15.7 Å². The zero-order valence-corrected chi connectivity index (χ0v) is 14.5. The monoisotopic (exact) mass is 354 g/mol. The Kier molecular flexibility index (Phi) is 5.68. The lowest BCUT2D eigenvalue weighted by Gasteiger charge is -2.36. The third-order valence-electron chi connectivity index (χ3n) is 4.17. The average Bonchev–Trinajstić information content (AvgIpc) is 3.06. The zero-order chi connectivity index (χ0) is 15.6. The Labute approximate surface area is 146 Å². The first-order chi connectivity index (χ1) is 10.6. The van der Waals surface area contributed by atoms with Crippen LogP contribution in [-0.4, -0.2) is 28.8 Å². The van der Waals surface area contributed by atoms with E-state index in [0.717, 1.165) is 18.7 Å². The van der Waals surface area contributed by atoms with Crippen LogP contribution < -0.4 is 10.6 Å². The van der Waals surface area contributed by atoms with E-state index in [4.69, 9.17) is 11.6 Å².